The molecule has 0 unspecified atom stereocenters. The van der Waals surface area contributed by atoms with Crippen LogP contribution in [-0.4, -0.2) is 23.8 Å². The van der Waals surface area contributed by atoms with Crippen molar-refractivity contribution in [1.82, 2.24) is 4.90 Å². The standard InChI is InChI=1S/C21H22N2.ClH/c1-21(2,3)17-9-6-8-16(13-17)19-14-15-7-4-5-10-18(15)20-22-11-12-23(19)20;/h4-10,13-14H,11-12H2,1-3H3;1H. The highest BCUT2D eigenvalue weighted by atomic mass is 35.5. The molecule has 2 aliphatic heterocycles. The normalized spacial score (nSPS) is 15.9. The third kappa shape index (κ3) is 2.76. The van der Waals surface area contributed by atoms with E-state index >= 15 is 0 Å². The maximum Gasteiger partial charge on any atom is 0.136 e. The van der Waals surface area contributed by atoms with Gasteiger partial charge in [0.1, 0.15) is 5.84 Å². The van der Waals surface area contributed by atoms with Crippen LogP contribution in [0.3, 0.4) is 0 Å². The van der Waals surface area contributed by atoms with Crippen molar-refractivity contribution in [3.05, 3.63) is 70.8 Å². The fourth-order valence-electron chi connectivity index (χ4n) is 3.35. The molecule has 2 nitrogen and oxygen atoms in total. The van der Waals surface area contributed by atoms with E-state index in [2.05, 4.69) is 80.3 Å². The molecule has 3 heteroatoms. The predicted molar refractivity (Wildman–Crippen MR) is 105 cm³/mol. The molecule has 0 atom stereocenters. The Bertz CT molecular complexity index is 828. The van der Waals surface area contributed by atoms with Crippen LogP contribution in [0.25, 0.3) is 11.8 Å². The van der Waals surface area contributed by atoms with Crippen molar-refractivity contribution in [2.24, 2.45) is 4.99 Å². The van der Waals surface area contributed by atoms with Gasteiger partial charge in [-0.1, -0.05) is 63.2 Å². The summed E-state index contributed by atoms with van der Waals surface area (Å²) >= 11 is 0. The molecule has 0 bridgehead atoms. The number of nitrogens with zero attached hydrogens (tertiary/aromatic N) is 2. The third-order valence-electron chi connectivity index (χ3n) is 4.65. The van der Waals surface area contributed by atoms with E-state index in [1.807, 2.05) is 0 Å². The van der Waals surface area contributed by atoms with Crippen LogP contribution in [0.1, 0.15) is 43.0 Å². The second-order valence-electron chi connectivity index (χ2n) is 7.30. The van der Waals surface area contributed by atoms with Gasteiger partial charge in [-0.2, -0.15) is 0 Å². The number of rotatable bonds is 1. The predicted octanol–water partition coefficient (Wildman–Crippen LogP) is 4.98. The van der Waals surface area contributed by atoms with E-state index in [4.69, 9.17) is 4.99 Å². The highest BCUT2D eigenvalue weighted by Gasteiger charge is 2.28. The van der Waals surface area contributed by atoms with Crippen molar-refractivity contribution >= 4 is 30.0 Å². The minimum absolute atomic E-state index is 0. The van der Waals surface area contributed by atoms with Crippen molar-refractivity contribution < 1.29 is 0 Å². The average Bonchev–Trinajstić information content (AvgIpc) is 3.03. The summed E-state index contributed by atoms with van der Waals surface area (Å²) in [6.45, 7) is 8.63. The summed E-state index contributed by atoms with van der Waals surface area (Å²) in [5.74, 6) is 1.12. The zero-order valence-corrected chi connectivity index (χ0v) is 15.2. The Hall–Kier alpha value is -2.06. The lowest BCUT2D eigenvalue weighted by Gasteiger charge is -2.30. The molecule has 0 N–H and O–H groups in total. The van der Waals surface area contributed by atoms with E-state index in [0.717, 1.165) is 18.9 Å². The first-order chi connectivity index (χ1) is 11.0. The van der Waals surface area contributed by atoms with Gasteiger partial charge in [-0.3, -0.25) is 4.99 Å². The van der Waals surface area contributed by atoms with E-state index < -0.39 is 0 Å². The first-order valence-electron chi connectivity index (χ1n) is 8.28. The number of fused-ring (bicyclic) bond motifs is 3. The van der Waals surface area contributed by atoms with Gasteiger partial charge in [-0.05, 0) is 34.2 Å². The molecule has 2 aromatic carbocycles. The third-order valence-corrected chi connectivity index (χ3v) is 4.65. The lowest BCUT2D eigenvalue weighted by Crippen LogP contribution is -2.30. The first kappa shape index (κ1) is 16.8. The molecule has 2 aromatic rings. The topological polar surface area (TPSA) is 15.6 Å². The van der Waals surface area contributed by atoms with Gasteiger partial charge in [0.2, 0.25) is 0 Å². The van der Waals surface area contributed by atoms with Gasteiger partial charge >= 0.3 is 0 Å². The molecule has 0 fully saturated rings. The minimum atomic E-state index is 0. The molecular formula is C21H23ClN2. The molecule has 0 aromatic heterocycles. The molecule has 124 valence electrons. The Labute approximate surface area is 150 Å². The van der Waals surface area contributed by atoms with Gasteiger partial charge < -0.3 is 4.90 Å². The summed E-state index contributed by atoms with van der Waals surface area (Å²) in [5.41, 5.74) is 6.59. The molecule has 0 saturated carbocycles. The summed E-state index contributed by atoms with van der Waals surface area (Å²) in [6, 6.07) is 17.5. The van der Waals surface area contributed by atoms with E-state index in [-0.39, 0.29) is 17.8 Å². The fourth-order valence-corrected chi connectivity index (χ4v) is 3.35. The molecule has 4 rings (SSSR count). The summed E-state index contributed by atoms with van der Waals surface area (Å²) < 4.78 is 0. The van der Waals surface area contributed by atoms with Crippen LogP contribution >= 0.6 is 12.4 Å². The monoisotopic (exact) mass is 338 g/mol. The van der Waals surface area contributed by atoms with Gasteiger partial charge in [-0.15, -0.1) is 12.4 Å². The van der Waals surface area contributed by atoms with Gasteiger partial charge in [0.05, 0.1) is 12.2 Å². The molecule has 0 radical (unpaired) electrons. The second kappa shape index (κ2) is 6.10. The van der Waals surface area contributed by atoms with Crippen LogP contribution in [0.4, 0.5) is 0 Å². The van der Waals surface area contributed by atoms with Crippen LogP contribution in [0.5, 0.6) is 0 Å². The summed E-state index contributed by atoms with van der Waals surface area (Å²) in [5, 5.41) is 0. The van der Waals surface area contributed by atoms with E-state index in [0.29, 0.717) is 0 Å². The smallest absolute Gasteiger partial charge is 0.136 e. The van der Waals surface area contributed by atoms with Gasteiger partial charge in [0.15, 0.2) is 0 Å². The number of benzene rings is 2. The fraction of sp³-hybridized carbons (Fsp3) is 0.286. The number of aliphatic imine (C=N–C) groups is 1. The number of halogens is 1. The Morgan fingerprint density at radius 3 is 2.58 bits per heavy atom. The number of hydrogen-bond donors (Lipinski definition) is 0. The highest BCUT2D eigenvalue weighted by Crippen LogP contribution is 2.34. The molecule has 0 amide bonds. The van der Waals surface area contributed by atoms with Crippen molar-refractivity contribution in [3.8, 4) is 0 Å². The number of amidine groups is 1. The van der Waals surface area contributed by atoms with E-state index in [9.17, 15) is 0 Å². The number of hydrogen-bond acceptors (Lipinski definition) is 2. The van der Waals surface area contributed by atoms with E-state index in [1.54, 1.807) is 0 Å². The molecule has 24 heavy (non-hydrogen) atoms. The molecular weight excluding hydrogens is 316 g/mol. The first-order valence-corrected chi connectivity index (χ1v) is 8.28. The van der Waals surface area contributed by atoms with Crippen LogP contribution in [0, 0.1) is 0 Å². The van der Waals surface area contributed by atoms with Crippen molar-refractivity contribution in [3.63, 3.8) is 0 Å². The van der Waals surface area contributed by atoms with Gasteiger partial charge in [0, 0.05) is 12.1 Å². The Morgan fingerprint density at radius 2 is 1.79 bits per heavy atom. The zero-order chi connectivity index (χ0) is 16.0. The van der Waals surface area contributed by atoms with Crippen LogP contribution < -0.4 is 0 Å². The van der Waals surface area contributed by atoms with E-state index in [1.165, 1.54) is 28.0 Å². The maximum absolute atomic E-state index is 4.75. The maximum atomic E-state index is 4.75. The van der Waals surface area contributed by atoms with Crippen LogP contribution in [0.2, 0.25) is 0 Å². The van der Waals surface area contributed by atoms with Gasteiger partial charge in [-0.25, -0.2) is 0 Å². The van der Waals surface area contributed by atoms with Crippen LogP contribution in [-0.2, 0) is 5.41 Å². The Kier molecular flexibility index (Phi) is 4.27. The molecule has 0 aliphatic carbocycles. The Morgan fingerprint density at radius 1 is 1.00 bits per heavy atom. The summed E-state index contributed by atoms with van der Waals surface area (Å²) in [6.07, 6.45) is 2.31. The molecule has 0 saturated heterocycles. The van der Waals surface area contributed by atoms with Crippen molar-refractivity contribution in [1.29, 1.82) is 0 Å². The lowest BCUT2D eigenvalue weighted by molar-refractivity contribution is 0.589. The largest absolute Gasteiger partial charge is 0.324 e. The SMILES string of the molecule is CC(C)(C)c1cccc(C2=Cc3ccccc3C3=NCCN23)c1.Cl. The van der Waals surface area contributed by atoms with Gasteiger partial charge in [0.25, 0.3) is 0 Å². The second-order valence-corrected chi connectivity index (χ2v) is 7.30. The van der Waals surface area contributed by atoms with Crippen molar-refractivity contribution in [2.45, 2.75) is 26.2 Å². The van der Waals surface area contributed by atoms with Crippen LogP contribution in [0.15, 0.2) is 53.5 Å². The van der Waals surface area contributed by atoms with Crippen molar-refractivity contribution in [2.75, 3.05) is 13.1 Å². The zero-order valence-electron chi connectivity index (χ0n) is 14.4. The highest BCUT2D eigenvalue weighted by molar-refractivity contribution is 6.12. The quantitative estimate of drug-likeness (QED) is 0.716. The minimum Gasteiger partial charge on any atom is -0.324 e. The molecule has 0 spiro atoms. The summed E-state index contributed by atoms with van der Waals surface area (Å²) in [4.78, 5) is 7.11. The molecule has 2 aliphatic rings. The Balaban J connectivity index is 0.00000169. The molecule has 2 heterocycles. The lowest BCUT2D eigenvalue weighted by atomic mass is 9.85. The average molecular weight is 339 g/mol. The summed E-state index contributed by atoms with van der Waals surface area (Å²) in [7, 11) is 0.